The summed E-state index contributed by atoms with van der Waals surface area (Å²) in [6.45, 7) is 1.58. The Labute approximate surface area is 125 Å². The van der Waals surface area contributed by atoms with Gasteiger partial charge in [0.1, 0.15) is 5.82 Å². The lowest BCUT2D eigenvalue weighted by Gasteiger charge is -2.24. The average molecular weight is 294 g/mol. The van der Waals surface area contributed by atoms with Gasteiger partial charge in [0.15, 0.2) is 0 Å². The van der Waals surface area contributed by atoms with Crippen LogP contribution in [0.5, 0.6) is 0 Å². The minimum atomic E-state index is -0.0716. The van der Waals surface area contributed by atoms with Crippen molar-refractivity contribution in [1.29, 1.82) is 0 Å². The van der Waals surface area contributed by atoms with Crippen molar-refractivity contribution in [1.82, 2.24) is 10.2 Å². The molecule has 0 amide bonds. The summed E-state index contributed by atoms with van der Waals surface area (Å²) in [5.74, 6) is 2.35. The number of halogens is 1. The van der Waals surface area contributed by atoms with Crippen LogP contribution in [0.15, 0.2) is 18.2 Å². The molecule has 110 valence electrons. The van der Waals surface area contributed by atoms with Crippen molar-refractivity contribution in [3.63, 3.8) is 0 Å². The van der Waals surface area contributed by atoms with E-state index >= 15 is 0 Å². The van der Waals surface area contributed by atoms with Crippen LogP contribution in [0.2, 0.25) is 0 Å². The number of hydrogen-bond acceptors (Lipinski definition) is 3. The standard InChI is InChI=1S/C16H23FN2S/c1-19(15-6-7-20-11-15)10-13-8-12(2-5-16(13)17)9-18-14-3-4-14/h2,5,8,14-15,18H,3-4,6-7,9-11H2,1H3. The van der Waals surface area contributed by atoms with Crippen LogP contribution in [-0.2, 0) is 13.1 Å². The Hall–Kier alpha value is -0.580. The zero-order valence-electron chi connectivity index (χ0n) is 12.1. The van der Waals surface area contributed by atoms with Crippen LogP contribution in [0.3, 0.4) is 0 Å². The Kier molecular flexibility index (Phi) is 4.64. The fourth-order valence-electron chi connectivity index (χ4n) is 2.68. The zero-order valence-corrected chi connectivity index (χ0v) is 12.9. The van der Waals surface area contributed by atoms with Gasteiger partial charge in [0.05, 0.1) is 0 Å². The van der Waals surface area contributed by atoms with Crippen molar-refractivity contribution in [2.24, 2.45) is 0 Å². The number of nitrogens with zero attached hydrogens (tertiary/aromatic N) is 1. The van der Waals surface area contributed by atoms with E-state index in [0.717, 1.165) is 12.1 Å². The van der Waals surface area contributed by atoms with E-state index in [-0.39, 0.29) is 5.82 Å². The van der Waals surface area contributed by atoms with E-state index in [1.54, 1.807) is 6.07 Å². The molecule has 1 aliphatic heterocycles. The second-order valence-electron chi connectivity index (χ2n) is 6.01. The molecule has 1 aliphatic carbocycles. The summed E-state index contributed by atoms with van der Waals surface area (Å²) >= 11 is 2.00. The molecule has 20 heavy (non-hydrogen) atoms. The molecule has 0 bridgehead atoms. The highest BCUT2D eigenvalue weighted by molar-refractivity contribution is 7.99. The van der Waals surface area contributed by atoms with Gasteiger partial charge in [-0.05, 0) is 43.7 Å². The van der Waals surface area contributed by atoms with E-state index in [9.17, 15) is 4.39 Å². The summed E-state index contributed by atoms with van der Waals surface area (Å²) in [6.07, 6.45) is 3.80. The Morgan fingerprint density at radius 1 is 1.35 bits per heavy atom. The third-order valence-electron chi connectivity index (χ3n) is 4.23. The van der Waals surface area contributed by atoms with E-state index in [0.29, 0.717) is 18.6 Å². The number of hydrogen-bond donors (Lipinski definition) is 1. The third kappa shape index (κ3) is 3.74. The summed E-state index contributed by atoms with van der Waals surface area (Å²) in [4.78, 5) is 2.30. The molecule has 1 saturated heterocycles. The van der Waals surface area contributed by atoms with Gasteiger partial charge in [-0.3, -0.25) is 4.90 Å². The van der Waals surface area contributed by atoms with Crippen LogP contribution in [-0.4, -0.2) is 35.5 Å². The smallest absolute Gasteiger partial charge is 0.127 e. The largest absolute Gasteiger partial charge is 0.310 e. The second kappa shape index (κ2) is 6.46. The molecule has 0 radical (unpaired) electrons. The zero-order chi connectivity index (χ0) is 13.9. The molecule has 1 heterocycles. The molecular weight excluding hydrogens is 271 g/mol. The maximum Gasteiger partial charge on any atom is 0.127 e. The normalized spacial score (nSPS) is 22.6. The minimum Gasteiger partial charge on any atom is -0.310 e. The highest BCUT2D eigenvalue weighted by Gasteiger charge is 2.22. The highest BCUT2D eigenvalue weighted by Crippen LogP contribution is 2.24. The summed E-state index contributed by atoms with van der Waals surface area (Å²) in [6, 6.07) is 6.86. The van der Waals surface area contributed by atoms with E-state index in [1.807, 2.05) is 23.9 Å². The number of benzene rings is 1. The topological polar surface area (TPSA) is 15.3 Å². The first-order valence-corrected chi connectivity index (χ1v) is 8.66. The number of rotatable bonds is 6. The lowest BCUT2D eigenvalue weighted by molar-refractivity contribution is 0.251. The van der Waals surface area contributed by atoms with Gasteiger partial charge < -0.3 is 5.32 Å². The average Bonchev–Trinajstić information content (AvgIpc) is 3.11. The highest BCUT2D eigenvalue weighted by atomic mass is 32.2. The Bertz CT molecular complexity index is 456. The molecule has 4 heteroatoms. The molecule has 2 aliphatic rings. The van der Waals surface area contributed by atoms with Crippen LogP contribution >= 0.6 is 11.8 Å². The molecule has 0 aromatic heterocycles. The Morgan fingerprint density at radius 3 is 2.90 bits per heavy atom. The predicted octanol–water partition coefficient (Wildman–Crippen LogP) is 3.02. The van der Waals surface area contributed by atoms with Gasteiger partial charge in [-0.25, -0.2) is 4.39 Å². The first kappa shape index (κ1) is 14.4. The third-order valence-corrected chi connectivity index (χ3v) is 5.38. The lowest BCUT2D eigenvalue weighted by Crippen LogP contribution is -2.31. The maximum atomic E-state index is 14.0. The van der Waals surface area contributed by atoms with Gasteiger partial charge in [0, 0.05) is 36.5 Å². The van der Waals surface area contributed by atoms with E-state index < -0.39 is 0 Å². The molecule has 1 unspecified atom stereocenters. The van der Waals surface area contributed by atoms with Crippen molar-refractivity contribution < 1.29 is 4.39 Å². The summed E-state index contributed by atoms with van der Waals surface area (Å²) < 4.78 is 14.0. The summed E-state index contributed by atoms with van der Waals surface area (Å²) in [5.41, 5.74) is 2.03. The first-order chi connectivity index (χ1) is 9.72. The maximum absolute atomic E-state index is 14.0. The Balaban J connectivity index is 1.62. The van der Waals surface area contributed by atoms with Crippen molar-refractivity contribution in [2.45, 2.75) is 44.4 Å². The van der Waals surface area contributed by atoms with Gasteiger partial charge >= 0.3 is 0 Å². The molecule has 3 rings (SSSR count). The van der Waals surface area contributed by atoms with Crippen molar-refractivity contribution in [3.8, 4) is 0 Å². The minimum absolute atomic E-state index is 0.0716. The number of thioether (sulfide) groups is 1. The summed E-state index contributed by atoms with van der Waals surface area (Å²) in [5, 5.41) is 3.49. The molecule has 1 aromatic rings. The molecule has 0 spiro atoms. The van der Waals surface area contributed by atoms with E-state index in [1.165, 1.54) is 36.3 Å². The molecular formula is C16H23FN2S. The molecule has 1 saturated carbocycles. The number of nitrogens with one attached hydrogen (secondary N) is 1. The van der Waals surface area contributed by atoms with Crippen LogP contribution < -0.4 is 5.32 Å². The summed E-state index contributed by atoms with van der Waals surface area (Å²) in [7, 11) is 2.12. The molecule has 1 aromatic carbocycles. The lowest BCUT2D eigenvalue weighted by atomic mass is 10.1. The van der Waals surface area contributed by atoms with Crippen molar-refractivity contribution >= 4 is 11.8 Å². The van der Waals surface area contributed by atoms with Crippen molar-refractivity contribution in [2.75, 3.05) is 18.6 Å². The predicted molar refractivity (Wildman–Crippen MR) is 83.5 cm³/mol. The van der Waals surface area contributed by atoms with E-state index in [2.05, 4.69) is 17.3 Å². The van der Waals surface area contributed by atoms with Crippen LogP contribution in [0.1, 0.15) is 30.4 Å². The molecule has 1 N–H and O–H groups in total. The monoisotopic (exact) mass is 294 g/mol. The van der Waals surface area contributed by atoms with Gasteiger partial charge in [0.25, 0.3) is 0 Å². The molecule has 1 atom stereocenters. The molecule has 2 fully saturated rings. The first-order valence-electron chi connectivity index (χ1n) is 7.51. The Morgan fingerprint density at radius 2 is 2.20 bits per heavy atom. The van der Waals surface area contributed by atoms with Crippen LogP contribution in [0.25, 0.3) is 0 Å². The SMILES string of the molecule is CN(Cc1cc(CNC2CC2)ccc1F)C1CCSC1. The van der Waals surface area contributed by atoms with Gasteiger partial charge in [-0.2, -0.15) is 11.8 Å². The fourth-order valence-corrected chi connectivity index (χ4v) is 3.97. The second-order valence-corrected chi connectivity index (χ2v) is 7.16. The fraction of sp³-hybridized carbons (Fsp3) is 0.625. The van der Waals surface area contributed by atoms with Gasteiger partial charge in [-0.15, -0.1) is 0 Å². The van der Waals surface area contributed by atoms with Gasteiger partial charge in [0.2, 0.25) is 0 Å². The van der Waals surface area contributed by atoms with Crippen LogP contribution in [0, 0.1) is 5.82 Å². The van der Waals surface area contributed by atoms with Gasteiger partial charge in [-0.1, -0.05) is 12.1 Å². The van der Waals surface area contributed by atoms with Crippen LogP contribution in [0.4, 0.5) is 4.39 Å². The van der Waals surface area contributed by atoms with E-state index in [4.69, 9.17) is 0 Å². The quantitative estimate of drug-likeness (QED) is 0.868. The van der Waals surface area contributed by atoms with Crippen molar-refractivity contribution in [3.05, 3.63) is 35.1 Å². The molecule has 2 nitrogen and oxygen atoms in total.